The third-order valence-electron chi connectivity index (χ3n) is 9.72. The lowest BCUT2D eigenvalue weighted by Gasteiger charge is -2.27. The van der Waals surface area contributed by atoms with Crippen LogP contribution in [0.4, 0.5) is 19.0 Å². The first-order valence-electron chi connectivity index (χ1n) is 17.6. The van der Waals surface area contributed by atoms with Crippen molar-refractivity contribution in [3.05, 3.63) is 134 Å². The lowest BCUT2D eigenvalue weighted by atomic mass is 9.99. The third kappa shape index (κ3) is 8.08. The number of anilines is 1. The Balaban J connectivity index is 1.30. The van der Waals surface area contributed by atoms with E-state index >= 15 is 13.2 Å². The predicted molar refractivity (Wildman–Crippen MR) is 205 cm³/mol. The number of pyridine rings is 2. The van der Waals surface area contributed by atoms with Gasteiger partial charge in [0.1, 0.15) is 29.3 Å². The van der Waals surface area contributed by atoms with E-state index in [-0.39, 0.29) is 51.3 Å². The van der Waals surface area contributed by atoms with Gasteiger partial charge in [0.15, 0.2) is 5.75 Å². The molecular weight excluding hydrogens is 733 g/mol. The van der Waals surface area contributed by atoms with Crippen molar-refractivity contribution >= 4 is 28.3 Å². The number of hydrogen-bond donors (Lipinski definition) is 2. The van der Waals surface area contributed by atoms with E-state index in [1.54, 1.807) is 20.4 Å². The first-order chi connectivity index (χ1) is 26.5. The first kappa shape index (κ1) is 37.6. The zero-order valence-electron chi connectivity index (χ0n) is 30.3. The average Bonchev–Trinajstić information content (AvgIpc) is 3.59. The van der Waals surface area contributed by atoms with Crippen molar-refractivity contribution in [1.29, 1.82) is 0 Å². The molecule has 0 fully saturated rings. The Bertz CT molecular complexity index is 2320. The minimum atomic E-state index is -4.81. The number of aromatic amines is 1. The van der Waals surface area contributed by atoms with Gasteiger partial charge in [-0.2, -0.15) is 13.2 Å². The highest BCUT2D eigenvalue weighted by Crippen LogP contribution is 2.46. The Morgan fingerprint density at radius 1 is 0.982 bits per heavy atom. The highest BCUT2D eigenvalue weighted by atomic mass is 35.5. The number of ether oxygens (including phenoxy) is 3. The number of halogens is 4. The Morgan fingerprint density at radius 2 is 1.65 bits per heavy atom. The maximum absolute atomic E-state index is 15.0. The number of rotatable bonds is 13. The van der Waals surface area contributed by atoms with E-state index in [1.807, 2.05) is 65.7 Å². The van der Waals surface area contributed by atoms with Crippen LogP contribution in [-0.4, -0.2) is 47.3 Å². The van der Waals surface area contributed by atoms with Crippen LogP contribution in [0.2, 0.25) is 5.02 Å². The molecule has 1 aliphatic carbocycles. The summed E-state index contributed by atoms with van der Waals surface area (Å²) in [6.45, 7) is 2.44. The number of H-pyrrole nitrogens is 1. The van der Waals surface area contributed by atoms with Crippen LogP contribution in [0.3, 0.4) is 0 Å². The monoisotopic (exact) mass is 770 g/mol. The molecule has 284 valence electrons. The Hall–Kier alpha value is -5.66. The van der Waals surface area contributed by atoms with E-state index in [4.69, 9.17) is 30.8 Å². The molecule has 0 radical (unpaired) electrons. The minimum absolute atomic E-state index is 0.0220. The number of hydrogen-bond acceptors (Lipinski definition) is 9. The van der Waals surface area contributed by atoms with Crippen molar-refractivity contribution < 1.29 is 27.4 Å². The summed E-state index contributed by atoms with van der Waals surface area (Å²) >= 11 is 7.01. The molecule has 3 aromatic heterocycles. The van der Waals surface area contributed by atoms with Crippen LogP contribution in [0.5, 0.6) is 17.2 Å². The van der Waals surface area contributed by atoms with Crippen molar-refractivity contribution in [3.63, 3.8) is 0 Å². The summed E-state index contributed by atoms with van der Waals surface area (Å²) < 4.78 is 61.9. The molecule has 7 rings (SSSR count). The fraction of sp³-hybridized carbons (Fsp3) is 0.268. The number of fused-ring (bicyclic) bond motifs is 2. The fourth-order valence-corrected chi connectivity index (χ4v) is 7.30. The lowest BCUT2D eigenvalue weighted by molar-refractivity contribution is -0.137. The topological polar surface area (TPSA) is 114 Å². The maximum atomic E-state index is 15.0. The molecule has 1 unspecified atom stereocenters. The Morgan fingerprint density at radius 3 is 2.29 bits per heavy atom. The number of methoxy groups -OCH3 is 2. The lowest BCUT2D eigenvalue weighted by Crippen LogP contribution is -2.25. The van der Waals surface area contributed by atoms with E-state index in [0.29, 0.717) is 31.1 Å². The number of alkyl halides is 3. The number of benzene rings is 3. The van der Waals surface area contributed by atoms with E-state index < -0.39 is 23.0 Å². The minimum Gasteiger partial charge on any atom is -0.497 e. The van der Waals surface area contributed by atoms with Crippen molar-refractivity contribution in [1.82, 2.24) is 25.3 Å². The molecule has 1 atom stereocenters. The van der Waals surface area contributed by atoms with Crippen LogP contribution >= 0.6 is 11.6 Å². The quantitative estimate of drug-likeness (QED) is 0.112. The standard InChI is InChI=1S/C41H38ClF3N6O4/c1-24-18-34(51(21-25-4-9-28(53-2)10-5-25)22-26-6-11-29(54-3)12-7-26)50-38(36(24)41(43,44)45)30-19-33-35(40(52)49-23-48-33)39(37(30)42)55-17-16-47-32-13-8-27-14-15-46-20-31(27)32/h4-7,9-12,14-15,18-20,23,32,47H,8,13,16-17,21-22H2,1-3H3,(H,48,49,52). The number of nitrogens with one attached hydrogen (secondary N) is 2. The Kier molecular flexibility index (Phi) is 10.9. The number of nitrogens with zero attached hydrogens (tertiary/aromatic N) is 4. The number of aromatic nitrogens is 4. The molecule has 14 heteroatoms. The van der Waals surface area contributed by atoms with Gasteiger partial charge in [0.05, 0.1) is 42.3 Å². The van der Waals surface area contributed by atoms with Crippen molar-refractivity contribution in [2.45, 2.75) is 45.1 Å². The average molecular weight is 771 g/mol. The largest absolute Gasteiger partial charge is 0.497 e. The SMILES string of the molecule is COc1ccc(CN(Cc2ccc(OC)cc2)c2cc(C)c(C(F)(F)F)c(-c3cc4nc[nH]c(=O)c4c(OCCNC4CCc5ccncc54)c3Cl)n2)cc1. The van der Waals surface area contributed by atoms with Crippen LogP contribution in [-0.2, 0) is 25.7 Å². The smallest absolute Gasteiger partial charge is 0.418 e. The molecule has 0 spiro atoms. The van der Waals surface area contributed by atoms with Gasteiger partial charge in [-0.25, -0.2) is 9.97 Å². The second-order valence-corrected chi connectivity index (χ2v) is 13.6. The Labute approximate surface area is 320 Å². The van der Waals surface area contributed by atoms with Crippen LogP contribution in [0.15, 0.2) is 90.2 Å². The van der Waals surface area contributed by atoms with E-state index in [9.17, 15) is 4.79 Å². The molecule has 3 heterocycles. The maximum Gasteiger partial charge on any atom is 0.418 e. The summed E-state index contributed by atoms with van der Waals surface area (Å²) in [6, 6.07) is 19.7. The van der Waals surface area contributed by atoms with Crippen LogP contribution in [0.1, 0.15) is 45.8 Å². The molecule has 0 saturated carbocycles. The van der Waals surface area contributed by atoms with Gasteiger partial charge in [-0.1, -0.05) is 35.9 Å². The molecule has 10 nitrogen and oxygen atoms in total. The molecule has 0 amide bonds. The molecule has 3 aromatic carbocycles. The van der Waals surface area contributed by atoms with Gasteiger partial charge >= 0.3 is 6.18 Å². The van der Waals surface area contributed by atoms with Gasteiger partial charge < -0.3 is 29.4 Å². The zero-order chi connectivity index (χ0) is 38.7. The van der Waals surface area contributed by atoms with E-state index in [0.717, 1.165) is 29.5 Å². The first-order valence-corrected chi connectivity index (χ1v) is 18.0. The highest BCUT2D eigenvalue weighted by molar-refractivity contribution is 6.36. The predicted octanol–water partition coefficient (Wildman–Crippen LogP) is 8.24. The summed E-state index contributed by atoms with van der Waals surface area (Å²) in [5.41, 5.74) is 2.15. The molecule has 0 saturated heterocycles. The number of aryl methyl sites for hydroxylation is 2. The molecule has 55 heavy (non-hydrogen) atoms. The van der Waals surface area contributed by atoms with Crippen molar-refractivity contribution in [2.24, 2.45) is 0 Å². The molecule has 0 bridgehead atoms. The second kappa shape index (κ2) is 16.0. The normalized spacial score (nSPS) is 13.8. The summed E-state index contributed by atoms with van der Waals surface area (Å²) in [5.74, 6) is 1.54. The molecule has 1 aliphatic rings. The van der Waals surface area contributed by atoms with Gasteiger partial charge in [0.25, 0.3) is 5.56 Å². The molecule has 0 aliphatic heterocycles. The van der Waals surface area contributed by atoms with Crippen LogP contribution in [0.25, 0.3) is 22.2 Å². The second-order valence-electron chi connectivity index (χ2n) is 13.2. The molecule has 2 N–H and O–H groups in total. The van der Waals surface area contributed by atoms with Gasteiger partial charge in [-0.05, 0) is 90.0 Å². The van der Waals surface area contributed by atoms with E-state index in [2.05, 4.69) is 20.3 Å². The van der Waals surface area contributed by atoms with Gasteiger partial charge in [0, 0.05) is 43.6 Å². The summed E-state index contributed by atoms with van der Waals surface area (Å²) in [5, 5.41) is 3.29. The third-order valence-corrected chi connectivity index (χ3v) is 10.1. The van der Waals surface area contributed by atoms with Crippen molar-refractivity contribution in [3.8, 4) is 28.5 Å². The van der Waals surface area contributed by atoms with Gasteiger partial charge in [0.2, 0.25) is 0 Å². The van der Waals surface area contributed by atoms with Gasteiger partial charge in [-0.15, -0.1) is 0 Å². The summed E-state index contributed by atoms with van der Waals surface area (Å²) in [4.78, 5) is 30.8. The zero-order valence-corrected chi connectivity index (χ0v) is 31.1. The summed E-state index contributed by atoms with van der Waals surface area (Å²) in [7, 11) is 3.15. The van der Waals surface area contributed by atoms with Crippen molar-refractivity contribution in [2.75, 3.05) is 32.3 Å². The van der Waals surface area contributed by atoms with Crippen LogP contribution < -0.4 is 30.0 Å². The van der Waals surface area contributed by atoms with Crippen LogP contribution in [0, 0.1) is 6.92 Å². The van der Waals surface area contributed by atoms with Gasteiger partial charge in [-0.3, -0.25) is 9.78 Å². The summed E-state index contributed by atoms with van der Waals surface area (Å²) in [6.07, 6.45) is 1.80. The van der Waals surface area contributed by atoms with E-state index in [1.165, 1.54) is 30.9 Å². The molecular formula is C41H38ClF3N6O4. The highest BCUT2D eigenvalue weighted by Gasteiger charge is 2.38. The fourth-order valence-electron chi connectivity index (χ4n) is 7.00. The molecule has 6 aromatic rings.